The Kier molecular flexibility index (Phi) is 8.53. The molecule has 2 aromatic rings. The number of hydrogen-bond acceptors (Lipinski definition) is 4. The van der Waals surface area contributed by atoms with Gasteiger partial charge in [0.2, 0.25) is 5.91 Å². The van der Waals surface area contributed by atoms with Crippen molar-refractivity contribution in [2.24, 2.45) is 5.92 Å². The Morgan fingerprint density at radius 3 is 2.20 bits per heavy atom. The minimum Gasteiger partial charge on any atom is -0.444 e. The van der Waals surface area contributed by atoms with Gasteiger partial charge in [-0.25, -0.2) is 4.79 Å². The van der Waals surface area contributed by atoms with Crippen molar-refractivity contribution in [2.45, 2.75) is 89.0 Å². The van der Waals surface area contributed by atoms with Crippen molar-refractivity contribution in [3.63, 3.8) is 0 Å². The van der Waals surface area contributed by atoms with Gasteiger partial charge >= 0.3 is 18.4 Å². The van der Waals surface area contributed by atoms with Crippen LogP contribution in [-0.4, -0.2) is 58.6 Å². The van der Waals surface area contributed by atoms with Crippen molar-refractivity contribution in [2.75, 3.05) is 19.6 Å². The predicted molar refractivity (Wildman–Crippen MR) is 161 cm³/mol. The first-order valence-electron chi connectivity index (χ1n) is 15.3. The van der Waals surface area contributed by atoms with E-state index in [1.165, 1.54) is 16.0 Å². The Balaban J connectivity index is 1.37. The largest absolute Gasteiger partial charge is 0.444 e. The number of carbonyl (C=O) groups excluding carboxylic acids is 2. The van der Waals surface area contributed by atoms with Gasteiger partial charge in [-0.2, -0.15) is 26.3 Å². The third-order valence-electron chi connectivity index (χ3n) is 9.57. The van der Waals surface area contributed by atoms with Gasteiger partial charge < -0.3 is 10.1 Å². The molecular weight excluding hydrogens is 612 g/mol. The van der Waals surface area contributed by atoms with Crippen LogP contribution in [0.5, 0.6) is 0 Å². The Hall–Kier alpha value is -3.54. The Bertz CT molecular complexity index is 1500. The van der Waals surface area contributed by atoms with E-state index >= 15 is 0 Å². The number of amides is 2. The molecule has 5 rings (SSSR count). The number of benzene rings is 2. The second-order valence-electron chi connectivity index (χ2n) is 13.9. The van der Waals surface area contributed by atoms with Crippen molar-refractivity contribution >= 4 is 18.1 Å². The normalized spacial score (nSPS) is 26.8. The molecule has 1 spiro atoms. The molecule has 3 aliphatic rings. The van der Waals surface area contributed by atoms with E-state index in [1.54, 1.807) is 27.7 Å². The highest BCUT2D eigenvalue weighted by Gasteiger charge is 2.54. The molecule has 2 heterocycles. The first kappa shape index (κ1) is 33.8. The molecule has 2 aromatic carbocycles. The van der Waals surface area contributed by atoms with Crippen LogP contribution in [0.3, 0.4) is 0 Å². The summed E-state index contributed by atoms with van der Waals surface area (Å²) in [5.41, 5.74) is -3.26. The number of likely N-dealkylation sites (tertiary alicyclic amines) is 2. The van der Waals surface area contributed by atoms with Crippen molar-refractivity contribution < 1.29 is 40.7 Å². The number of carbonyl (C=O) groups is 2. The first-order valence-corrected chi connectivity index (χ1v) is 15.3. The summed E-state index contributed by atoms with van der Waals surface area (Å²) in [6, 6.07) is 9.29. The number of fused-ring (bicyclic) bond motifs is 2. The average Bonchev–Trinajstić information content (AvgIpc) is 3.51. The van der Waals surface area contributed by atoms with E-state index in [9.17, 15) is 35.9 Å². The summed E-state index contributed by atoms with van der Waals surface area (Å²) in [6.45, 7) is 9.82. The van der Waals surface area contributed by atoms with Gasteiger partial charge in [0.25, 0.3) is 0 Å². The number of piperidine rings is 1. The molecule has 4 atom stereocenters. The molecular formula is C34H39F6N3O3. The number of allylic oxidation sites excluding steroid dienone is 1. The molecule has 2 saturated heterocycles. The van der Waals surface area contributed by atoms with Crippen LogP contribution in [0.15, 0.2) is 48.5 Å². The van der Waals surface area contributed by atoms with Crippen LogP contribution in [0.1, 0.15) is 75.3 Å². The molecule has 2 unspecified atom stereocenters. The fraction of sp³-hybridized carbons (Fsp3) is 0.529. The van der Waals surface area contributed by atoms with Crippen LogP contribution in [0, 0.1) is 5.92 Å². The highest BCUT2D eigenvalue weighted by atomic mass is 19.4. The maximum absolute atomic E-state index is 13.8. The third kappa shape index (κ3) is 6.50. The number of hydrogen-bond donors (Lipinski definition) is 1. The van der Waals surface area contributed by atoms with Crippen LogP contribution >= 0.6 is 0 Å². The third-order valence-corrected chi connectivity index (χ3v) is 9.57. The molecule has 1 aliphatic carbocycles. The number of nitrogens with zero attached hydrogens (tertiary/aromatic N) is 2. The Morgan fingerprint density at radius 2 is 1.61 bits per heavy atom. The zero-order valence-electron chi connectivity index (χ0n) is 26.5. The van der Waals surface area contributed by atoms with Gasteiger partial charge in [-0.15, -0.1) is 0 Å². The van der Waals surface area contributed by atoms with E-state index in [0.717, 1.165) is 6.42 Å². The van der Waals surface area contributed by atoms with Gasteiger partial charge in [-0.3, -0.25) is 14.6 Å². The van der Waals surface area contributed by atoms with Crippen molar-refractivity contribution in [3.8, 4) is 0 Å². The smallest absolute Gasteiger partial charge is 0.416 e. The summed E-state index contributed by atoms with van der Waals surface area (Å²) < 4.78 is 86.1. The van der Waals surface area contributed by atoms with E-state index in [1.807, 2.05) is 12.1 Å². The van der Waals surface area contributed by atoms with E-state index in [-0.39, 0.29) is 42.0 Å². The van der Waals surface area contributed by atoms with Gasteiger partial charge in [-0.1, -0.05) is 43.3 Å². The molecule has 0 radical (unpaired) electrons. The summed E-state index contributed by atoms with van der Waals surface area (Å²) in [6.07, 6.45) is -5.27. The summed E-state index contributed by atoms with van der Waals surface area (Å²) in [5.74, 6) is -0.471. The van der Waals surface area contributed by atoms with Crippen LogP contribution in [-0.2, 0) is 33.8 Å². The molecule has 0 bridgehead atoms. The zero-order valence-corrected chi connectivity index (χ0v) is 26.5. The molecule has 0 saturated carbocycles. The van der Waals surface area contributed by atoms with Crippen LogP contribution in [0.2, 0.25) is 0 Å². The standard InChI is InChI=1S/C34H39F6N3O3/c1-21-19-42(13-12-32(21)11-10-23-8-6-7-9-27(23)32)26-17-31(5,43(20-26)29(45)46-30(2,3)4)28(44)41-18-22-14-24(33(35,36)37)16-25(15-22)34(38,39)40/h6-11,14-16,21,26H,12-13,17-20H2,1-5H3,(H,41,44)/t21-,26?,31?,32-/m0/s1. The summed E-state index contributed by atoms with van der Waals surface area (Å²) in [5, 5.41) is 2.52. The van der Waals surface area contributed by atoms with E-state index in [2.05, 4.69) is 41.4 Å². The van der Waals surface area contributed by atoms with Crippen LogP contribution < -0.4 is 5.32 Å². The fourth-order valence-corrected chi connectivity index (χ4v) is 7.15. The summed E-state index contributed by atoms with van der Waals surface area (Å²) >= 11 is 0. The molecule has 1 N–H and O–H groups in total. The average molecular weight is 652 g/mol. The molecule has 2 aliphatic heterocycles. The number of alkyl halides is 6. The lowest BCUT2D eigenvalue weighted by molar-refractivity contribution is -0.143. The highest BCUT2D eigenvalue weighted by Crippen LogP contribution is 2.48. The minimum atomic E-state index is -5.02. The Labute approximate surface area is 264 Å². The van der Waals surface area contributed by atoms with Crippen molar-refractivity contribution in [1.82, 2.24) is 15.1 Å². The first-order chi connectivity index (χ1) is 21.2. The van der Waals surface area contributed by atoms with E-state index in [4.69, 9.17) is 4.74 Å². The van der Waals surface area contributed by atoms with Gasteiger partial charge in [0, 0.05) is 31.1 Å². The van der Waals surface area contributed by atoms with Gasteiger partial charge in [0.1, 0.15) is 11.1 Å². The fourth-order valence-electron chi connectivity index (χ4n) is 7.15. The lowest BCUT2D eigenvalue weighted by Gasteiger charge is -2.46. The topological polar surface area (TPSA) is 61.9 Å². The second kappa shape index (κ2) is 11.6. The summed E-state index contributed by atoms with van der Waals surface area (Å²) in [7, 11) is 0. The molecule has 0 aromatic heterocycles. The lowest BCUT2D eigenvalue weighted by atomic mass is 9.68. The molecule has 46 heavy (non-hydrogen) atoms. The van der Waals surface area contributed by atoms with Crippen LogP contribution in [0.25, 0.3) is 6.08 Å². The molecule has 2 amide bonds. The van der Waals surface area contributed by atoms with Crippen molar-refractivity contribution in [1.29, 1.82) is 0 Å². The van der Waals surface area contributed by atoms with Crippen LogP contribution in [0.4, 0.5) is 31.1 Å². The Morgan fingerprint density at radius 1 is 0.978 bits per heavy atom. The van der Waals surface area contributed by atoms with E-state index in [0.29, 0.717) is 25.2 Å². The SMILES string of the molecule is C[C@H]1CN(C2CN(C(=O)OC(C)(C)C)C(C)(C(=O)NCc3cc(C(F)(F)F)cc(C(F)(F)F)c3)C2)CC[C@@]12C=Cc1ccccc12. The van der Waals surface area contributed by atoms with Gasteiger partial charge in [0.15, 0.2) is 0 Å². The number of halogens is 6. The number of rotatable bonds is 4. The molecule has 6 nitrogen and oxygen atoms in total. The van der Waals surface area contributed by atoms with Gasteiger partial charge in [-0.05, 0) is 87.9 Å². The molecule has 2 fully saturated rings. The predicted octanol–water partition coefficient (Wildman–Crippen LogP) is 7.42. The minimum absolute atomic E-state index is 0.0438. The number of ether oxygens (including phenoxy) is 1. The molecule has 12 heteroatoms. The monoisotopic (exact) mass is 651 g/mol. The van der Waals surface area contributed by atoms with E-state index < -0.39 is 53.2 Å². The zero-order chi connectivity index (χ0) is 33.9. The van der Waals surface area contributed by atoms with Gasteiger partial charge in [0.05, 0.1) is 11.1 Å². The molecule has 250 valence electrons. The lowest BCUT2D eigenvalue weighted by Crippen LogP contribution is -2.56. The maximum atomic E-state index is 13.8. The maximum Gasteiger partial charge on any atom is 0.416 e. The summed E-state index contributed by atoms with van der Waals surface area (Å²) in [4.78, 5) is 30.8. The number of nitrogens with one attached hydrogen (secondary N) is 1. The quantitative estimate of drug-likeness (QED) is 0.350. The second-order valence-corrected chi connectivity index (χ2v) is 13.9. The highest BCUT2D eigenvalue weighted by molar-refractivity contribution is 5.90. The van der Waals surface area contributed by atoms with Crippen molar-refractivity contribution in [3.05, 3.63) is 76.4 Å².